The van der Waals surface area contributed by atoms with Gasteiger partial charge in [-0.05, 0) is 63.1 Å². The van der Waals surface area contributed by atoms with E-state index in [0.717, 1.165) is 42.4 Å². The number of carbonyl (C=O) groups is 4. The lowest BCUT2D eigenvalue weighted by atomic mass is 10.1. The molecule has 2 aliphatic rings. The fraction of sp³-hybridized carbons (Fsp3) is 0.450. The summed E-state index contributed by atoms with van der Waals surface area (Å²) in [6, 6.07) is 6.28. The number of methoxy groups -OCH3 is 1. The van der Waals surface area contributed by atoms with Crippen molar-refractivity contribution in [3.8, 4) is 17.2 Å². The molecule has 3 amide bonds. The van der Waals surface area contributed by atoms with Crippen LogP contribution in [0.5, 0.6) is 17.2 Å². The third kappa shape index (κ3) is 10.6. The van der Waals surface area contributed by atoms with Crippen molar-refractivity contribution in [1.82, 2.24) is 9.80 Å². The number of nitrogens with two attached hydrogens (primary N) is 1. The molecule has 2 heterocycles. The van der Waals surface area contributed by atoms with Crippen LogP contribution in [0.1, 0.15) is 78.7 Å². The zero-order valence-corrected chi connectivity index (χ0v) is 31.3. The molecule has 2 aromatic rings. The first-order valence-electron chi connectivity index (χ1n) is 17.9. The molecule has 2 fully saturated rings. The number of carbonyl (C=O) groups excluding carboxylic acids is 4. The van der Waals surface area contributed by atoms with Gasteiger partial charge in [-0.15, -0.1) is 0 Å². The third-order valence-electron chi connectivity index (χ3n) is 9.17. The molecule has 3 N–H and O–H groups in total. The number of rotatable bonds is 17. The van der Waals surface area contributed by atoms with Crippen molar-refractivity contribution in [2.24, 2.45) is 0 Å². The van der Waals surface area contributed by atoms with Gasteiger partial charge >= 0.3 is 12.1 Å². The van der Waals surface area contributed by atoms with Gasteiger partial charge in [-0.2, -0.15) is 0 Å². The third-order valence-corrected chi connectivity index (χ3v) is 9.17. The fourth-order valence-corrected chi connectivity index (χ4v) is 6.45. The van der Waals surface area contributed by atoms with Gasteiger partial charge in [0.05, 0.1) is 43.2 Å². The molecular formula is C40H52N4O9. The second-order valence-electron chi connectivity index (χ2n) is 13.3. The first-order valence-corrected chi connectivity index (χ1v) is 17.9. The van der Waals surface area contributed by atoms with Gasteiger partial charge in [0.25, 0.3) is 11.8 Å². The molecule has 0 spiro atoms. The van der Waals surface area contributed by atoms with Crippen LogP contribution in [0.4, 0.5) is 16.2 Å². The minimum absolute atomic E-state index is 0.0102. The number of aryl methyl sites for hydroxylation is 1. The number of anilines is 2. The Morgan fingerprint density at radius 3 is 2.11 bits per heavy atom. The summed E-state index contributed by atoms with van der Waals surface area (Å²) in [6.07, 6.45) is 4.99. The molecule has 2 aliphatic heterocycles. The minimum atomic E-state index is -0.728. The minimum Gasteiger partial charge on any atom is -0.493 e. The van der Waals surface area contributed by atoms with Gasteiger partial charge in [-0.3, -0.25) is 19.7 Å². The number of hydrogen-bond donors (Lipinski definition) is 2. The highest BCUT2D eigenvalue weighted by atomic mass is 16.5. The summed E-state index contributed by atoms with van der Waals surface area (Å²) >= 11 is 0. The van der Waals surface area contributed by atoms with E-state index in [1.165, 1.54) is 20.1 Å². The van der Waals surface area contributed by atoms with Crippen LogP contribution in [0.3, 0.4) is 0 Å². The number of amides is 3. The topological polar surface area (TPSA) is 159 Å². The molecule has 0 aromatic heterocycles. The number of likely N-dealkylation sites (tertiary alicyclic amines) is 2. The normalized spacial score (nSPS) is 16.7. The fourth-order valence-electron chi connectivity index (χ4n) is 6.45. The average molecular weight is 733 g/mol. The number of nitrogen functional groups attached to an aromatic ring is 1. The highest BCUT2D eigenvalue weighted by Crippen LogP contribution is 2.37. The molecule has 13 nitrogen and oxygen atoms in total. The second kappa shape index (κ2) is 18.9. The number of benzene rings is 2. The summed E-state index contributed by atoms with van der Waals surface area (Å²) in [7, 11) is 1.49. The molecule has 53 heavy (non-hydrogen) atoms. The van der Waals surface area contributed by atoms with E-state index >= 15 is 0 Å². The molecule has 0 saturated carbocycles. The van der Waals surface area contributed by atoms with E-state index in [0.29, 0.717) is 67.6 Å². The van der Waals surface area contributed by atoms with Crippen LogP contribution >= 0.6 is 0 Å². The summed E-state index contributed by atoms with van der Waals surface area (Å²) in [5, 5.41) is 2.68. The number of esters is 1. The number of unbranched alkanes of at least 4 members (excludes halogenated alkanes) is 2. The molecule has 0 radical (unpaired) electrons. The summed E-state index contributed by atoms with van der Waals surface area (Å²) in [6.45, 7) is 18.6. The predicted octanol–water partition coefficient (Wildman–Crippen LogP) is 6.46. The van der Waals surface area contributed by atoms with E-state index < -0.39 is 12.1 Å². The molecular weight excluding hydrogens is 680 g/mol. The van der Waals surface area contributed by atoms with Gasteiger partial charge in [0.1, 0.15) is 19.0 Å². The predicted molar refractivity (Wildman–Crippen MR) is 203 cm³/mol. The van der Waals surface area contributed by atoms with Crippen molar-refractivity contribution < 1.29 is 42.9 Å². The first kappa shape index (κ1) is 40.3. The highest BCUT2D eigenvalue weighted by molar-refractivity contribution is 6.04. The van der Waals surface area contributed by atoms with Gasteiger partial charge in [0.2, 0.25) is 0 Å². The maximum atomic E-state index is 13.8. The summed E-state index contributed by atoms with van der Waals surface area (Å²) < 4.78 is 28.0. The molecule has 2 atom stereocenters. The van der Waals surface area contributed by atoms with E-state index in [4.69, 9.17) is 29.4 Å². The number of nitrogens with one attached hydrogen (secondary N) is 1. The van der Waals surface area contributed by atoms with Gasteiger partial charge in [-0.25, -0.2) is 4.79 Å². The Bertz CT molecular complexity index is 1720. The van der Waals surface area contributed by atoms with Crippen molar-refractivity contribution in [3.05, 3.63) is 77.9 Å². The Kier molecular flexibility index (Phi) is 14.3. The van der Waals surface area contributed by atoms with Crippen LogP contribution in [0.2, 0.25) is 0 Å². The largest absolute Gasteiger partial charge is 0.493 e. The van der Waals surface area contributed by atoms with Crippen molar-refractivity contribution in [3.63, 3.8) is 0 Å². The van der Waals surface area contributed by atoms with Crippen LogP contribution in [0, 0.1) is 6.92 Å². The average Bonchev–Trinajstić information content (AvgIpc) is 3.71. The van der Waals surface area contributed by atoms with E-state index in [9.17, 15) is 19.2 Å². The Hall–Kier alpha value is -5.46. The van der Waals surface area contributed by atoms with Crippen molar-refractivity contribution in [2.45, 2.75) is 71.4 Å². The molecule has 0 bridgehead atoms. The summed E-state index contributed by atoms with van der Waals surface area (Å²) in [5.41, 5.74) is 10.1. The smallest absolute Gasteiger partial charge is 0.411 e. The van der Waals surface area contributed by atoms with E-state index in [1.54, 1.807) is 34.1 Å². The Morgan fingerprint density at radius 2 is 1.49 bits per heavy atom. The molecule has 13 heteroatoms. The van der Waals surface area contributed by atoms with Gasteiger partial charge < -0.3 is 39.2 Å². The first-order chi connectivity index (χ1) is 25.4. The SMILES string of the molecule is C=CCOC(=O)Nc1cc(OCCCCCOc2cc(N)c(C(=O)N3CC(=C)C[C@H]3COC(C)=O)cc2C)c(OC)cc1C(=O)N1CC(=C)C[C@H]1CC. The highest BCUT2D eigenvalue weighted by Gasteiger charge is 2.34. The molecule has 0 unspecified atom stereocenters. The monoisotopic (exact) mass is 732 g/mol. The molecule has 2 saturated heterocycles. The Balaban J connectivity index is 1.33. The van der Waals surface area contributed by atoms with E-state index in [-0.39, 0.29) is 48.4 Å². The van der Waals surface area contributed by atoms with Crippen LogP contribution in [-0.4, -0.2) is 92.4 Å². The standard InChI is InChI=1S/C40H52N4O9/c1-8-13-52-40(48)42-34-21-37(36(49-7)19-32(34)39(47)43-22-25(3)16-29(43)9-2)51-15-12-10-11-14-50-35-20-33(41)31(18-27(35)5)38(46)44-23-26(4)17-30(44)24-53-28(6)45/h8,18-21,29-30H,1,3-4,9-17,22-24,41H2,2,5-7H3,(H,42,48)/t29-,30+/m1/s1. The lowest BCUT2D eigenvalue weighted by Crippen LogP contribution is -2.39. The summed E-state index contributed by atoms with van der Waals surface area (Å²) in [5.74, 6) is 0.420. The summed E-state index contributed by atoms with van der Waals surface area (Å²) in [4.78, 5) is 54.5. The maximum absolute atomic E-state index is 13.8. The van der Waals surface area contributed by atoms with Crippen molar-refractivity contribution in [1.29, 1.82) is 0 Å². The quantitative estimate of drug-likeness (QED) is 0.0800. The lowest BCUT2D eigenvalue weighted by Gasteiger charge is -2.25. The number of ether oxygens (including phenoxy) is 5. The Labute approximate surface area is 311 Å². The zero-order valence-electron chi connectivity index (χ0n) is 31.3. The molecule has 2 aromatic carbocycles. The van der Waals surface area contributed by atoms with Crippen LogP contribution in [0.15, 0.2) is 61.2 Å². The number of nitrogens with zero attached hydrogens (tertiary/aromatic N) is 2. The van der Waals surface area contributed by atoms with Gasteiger partial charge in [0, 0.05) is 43.9 Å². The van der Waals surface area contributed by atoms with Crippen molar-refractivity contribution in [2.75, 3.05) is 57.7 Å². The van der Waals surface area contributed by atoms with E-state index in [1.807, 2.05) is 13.8 Å². The zero-order chi connectivity index (χ0) is 38.7. The van der Waals surface area contributed by atoms with Crippen LogP contribution in [0.25, 0.3) is 0 Å². The van der Waals surface area contributed by atoms with E-state index in [2.05, 4.69) is 25.1 Å². The van der Waals surface area contributed by atoms with Crippen molar-refractivity contribution >= 4 is 35.3 Å². The molecule has 0 aliphatic carbocycles. The number of hydrogen-bond acceptors (Lipinski definition) is 10. The van der Waals surface area contributed by atoms with Gasteiger partial charge in [-0.1, -0.05) is 43.9 Å². The second-order valence-corrected chi connectivity index (χ2v) is 13.3. The maximum Gasteiger partial charge on any atom is 0.411 e. The van der Waals surface area contributed by atoms with Crippen LogP contribution < -0.4 is 25.3 Å². The Morgan fingerprint density at radius 1 is 0.868 bits per heavy atom. The molecule has 4 rings (SSSR count). The molecule has 286 valence electrons. The lowest BCUT2D eigenvalue weighted by molar-refractivity contribution is -0.142. The van der Waals surface area contributed by atoms with Gasteiger partial charge in [0.15, 0.2) is 11.5 Å². The van der Waals surface area contributed by atoms with Crippen LogP contribution in [-0.2, 0) is 14.3 Å².